The van der Waals surface area contributed by atoms with Crippen LogP contribution in [-0.4, -0.2) is 20.5 Å². The summed E-state index contributed by atoms with van der Waals surface area (Å²) >= 11 is 0. The van der Waals surface area contributed by atoms with Crippen LogP contribution in [0.4, 0.5) is 0 Å². The third kappa shape index (κ3) is 2.66. The van der Waals surface area contributed by atoms with Gasteiger partial charge in [-0.2, -0.15) is 0 Å². The molecule has 4 rings (SSSR count). The molecule has 0 aliphatic heterocycles. The summed E-state index contributed by atoms with van der Waals surface area (Å²) in [6.45, 7) is 1.93. The molecule has 1 aromatic carbocycles. The molecule has 0 bridgehead atoms. The Balaban J connectivity index is 1.55. The Hall–Kier alpha value is -2.69. The van der Waals surface area contributed by atoms with Crippen LogP contribution in [0.2, 0.25) is 0 Å². The molecule has 0 saturated carbocycles. The van der Waals surface area contributed by atoms with E-state index >= 15 is 0 Å². The summed E-state index contributed by atoms with van der Waals surface area (Å²) in [7, 11) is 0. The van der Waals surface area contributed by atoms with Gasteiger partial charge >= 0.3 is 0 Å². The number of nitrogens with zero attached hydrogens (tertiary/aromatic N) is 3. The fraction of sp³-hybridized carbons (Fsp3) is 0.316. The predicted molar refractivity (Wildman–Crippen MR) is 92.0 cm³/mol. The maximum Gasteiger partial charge on any atom is 0.251 e. The molecule has 0 fully saturated rings. The van der Waals surface area contributed by atoms with Crippen LogP contribution in [0.25, 0.3) is 5.65 Å². The van der Waals surface area contributed by atoms with Gasteiger partial charge in [0.05, 0.1) is 6.04 Å². The van der Waals surface area contributed by atoms with E-state index in [9.17, 15) is 4.79 Å². The van der Waals surface area contributed by atoms with Crippen molar-refractivity contribution in [2.75, 3.05) is 0 Å². The number of aromatic nitrogens is 3. The van der Waals surface area contributed by atoms with Gasteiger partial charge in [0.2, 0.25) is 0 Å². The number of rotatable bonds is 3. The van der Waals surface area contributed by atoms with Gasteiger partial charge in [-0.1, -0.05) is 12.1 Å². The molecule has 0 spiro atoms. The Morgan fingerprint density at radius 2 is 1.96 bits per heavy atom. The van der Waals surface area contributed by atoms with Crippen LogP contribution in [-0.2, 0) is 12.8 Å². The highest BCUT2D eigenvalue weighted by Crippen LogP contribution is 2.22. The molecule has 0 unspecified atom stereocenters. The number of hydrogen-bond donors (Lipinski definition) is 1. The zero-order valence-corrected chi connectivity index (χ0v) is 13.7. The summed E-state index contributed by atoms with van der Waals surface area (Å²) in [6.07, 6.45) is 6.56. The molecule has 1 atom stereocenters. The molecule has 3 aromatic rings. The molecule has 1 N–H and O–H groups in total. The fourth-order valence-corrected chi connectivity index (χ4v) is 3.37. The number of carbonyl (C=O) groups is 1. The maximum absolute atomic E-state index is 12.6. The SMILES string of the molecule is C[C@@H](NC(=O)c1ccc2c(c1)CCCC2)c1nnc2ccccn12. The van der Waals surface area contributed by atoms with Crippen molar-refractivity contribution in [2.45, 2.75) is 38.6 Å². The molecule has 5 heteroatoms. The van der Waals surface area contributed by atoms with Gasteiger partial charge < -0.3 is 5.32 Å². The minimum Gasteiger partial charge on any atom is -0.342 e. The minimum absolute atomic E-state index is 0.0662. The van der Waals surface area contributed by atoms with Crippen LogP contribution in [0, 0.1) is 0 Å². The van der Waals surface area contributed by atoms with Gasteiger partial charge in [0, 0.05) is 11.8 Å². The zero-order chi connectivity index (χ0) is 16.5. The molecule has 0 radical (unpaired) electrons. The molecule has 1 aliphatic carbocycles. The summed E-state index contributed by atoms with van der Waals surface area (Å²) in [5.74, 6) is 0.667. The monoisotopic (exact) mass is 320 g/mol. The smallest absolute Gasteiger partial charge is 0.251 e. The lowest BCUT2D eigenvalue weighted by Gasteiger charge is -2.17. The Morgan fingerprint density at radius 1 is 1.12 bits per heavy atom. The lowest BCUT2D eigenvalue weighted by atomic mass is 9.90. The molecule has 1 amide bonds. The number of aryl methyl sites for hydroxylation is 2. The van der Waals surface area contributed by atoms with Gasteiger partial charge in [-0.05, 0) is 68.0 Å². The number of amides is 1. The van der Waals surface area contributed by atoms with Gasteiger partial charge in [-0.3, -0.25) is 9.20 Å². The van der Waals surface area contributed by atoms with E-state index in [4.69, 9.17) is 0 Å². The lowest BCUT2D eigenvalue weighted by molar-refractivity contribution is 0.0938. The van der Waals surface area contributed by atoms with Crippen molar-refractivity contribution >= 4 is 11.6 Å². The van der Waals surface area contributed by atoms with Crippen molar-refractivity contribution in [1.82, 2.24) is 19.9 Å². The molecule has 2 heterocycles. The van der Waals surface area contributed by atoms with E-state index in [1.165, 1.54) is 24.0 Å². The highest BCUT2D eigenvalue weighted by atomic mass is 16.1. The van der Waals surface area contributed by atoms with Gasteiger partial charge in [0.15, 0.2) is 11.5 Å². The van der Waals surface area contributed by atoms with Crippen molar-refractivity contribution < 1.29 is 4.79 Å². The lowest BCUT2D eigenvalue weighted by Crippen LogP contribution is -2.28. The second-order valence-electron chi connectivity index (χ2n) is 6.37. The van der Waals surface area contributed by atoms with Gasteiger partial charge in [-0.25, -0.2) is 0 Å². The van der Waals surface area contributed by atoms with Crippen LogP contribution in [0.5, 0.6) is 0 Å². The third-order valence-electron chi connectivity index (χ3n) is 4.69. The van der Waals surface area contributed by atoms with Crippen LogP contribution >= 0.6 is 0 Å². The van der Waals surface area contributed by atoms with Crippen LogP contribution in [0.1, 0.15) is 53.1 Å². The molecule has 122 valence electrons. The van der Waals surface area contributed by atoms with Crippen molar-refractivity contribution in [3.8, 4) is 0 Å². The van der Waals surface area contributed by atoms with E-state index in [2.05, 4.69) is 21.6 Å². The second kappa shape index (κ2) is 6.07. The topological polar surface area (TPSA) is 59.3 Å². The molecule has 1 aliphatic rings. The Kier molecular flexibility index (Phi) is 3.76. The normalized spacial score (nSPS) is 15.0. The standard InChI is InChI=1S/C19H20N4O/c1-13(18-22-21-17-8-4-5-11-23(17)18)20-19(24)16-10-9-14-6-2-3-7-15(14)12-16/h4-5,8-13H,2-3,6-7H2,1H3,(H,20,24)/t13-/m1/s1. The summed E-state index contributed by atoms with van der Waals surface area (Å²) in [5.41, 5.74) is 4.20. The average molecular weight is 320 g/mol. The zero-order valence-electron chi connectivity index (χ0n) is 13.7. The van der Waals surface area contributed by atoms with Crippen molar-refractivity contribution in [3.63, 3.8) is 0 Å². The van der Waals surface area contributed by atoms with E-state index in [0.29, 0.717) is 0 Å². The molecular weight excluding hydrogens is 300 g/mol. The number of carbonyl (C=O) groups excluding carboxylic acids is 1. The van der Waals surface area contributed by atoms with Crippen LogP contribution < -0.4 is 5.32 Å². The molecule has 2 aromatic heterocycles. The molecule has 24 heavy (non-hydrogen) atoms. The third-order valence-corrected chi connectivity index (χ3v) is 4.69. The minimum atomic E-state index is -0.217. The quantitative estimate of drug-likeness (QED) is 0.807. The number of hydrogen-bond acceptors (Lipinski definition) is 3. The first-order valence-corrected chi connectivity index (χ1v) is 8.45. The second-order valence-corrected chi connectivity index (χ2v) is 6.37. The molecular formula is C19H20N4O. The fourth-order valence-electron chi connectivity index (χ4n) is 3.37. The van der Waals surface area contributed by atoms with Gasteiger partial charge in [0.1, 0.15) is 0 Å². The first-order valence-electron chi connectivity index (χ1n) is 8.45. The largest absolute Gasteiger partial charge is 0.342 e. The summed E-state index contributed by atoms with van der Waals surface area (Å²) in [4.78, 5) is 12.6. The maximum atomic E-state index is 12.6. The number of pyridine rings is 1. The molecule has 5 nitrogen and oxygen atoms in total. The van der Waals surface area contributed by atoms with Crippen molar-refractivity contribution in [1.29, 1.82) is 0 Å². The van der Waals surface area contributed by atoms with E-state index in [1.54, 1.807) is 0 Å². The average Bonchev–Trinajstić information content (AvgIpc) is 3.05. The van der Waals surface area contributed by atoms with E-state index in [1.807, 2.05) is 47.9 Å². The number of nitrogens with one attached hydrogen (secondary N) is 1. The van der Waals surface area contributed by atoms with Crippen LogP contribution in [0.15, 0.2) is 42.6 Å². The van der Waals surface area contributed by atoms with Crippen molar-refractivity contribution in [3.05, 3.63) is 65.1 Å². The number of benzene rings is 1. The summed E-state index contributed by atoms with van der Waals surface area (Å²) in [5, 5.41) is 11.4. The first kappa shape index (κ1) is 14.9. The van der Waals surface area contributed by atoms with E-state index in [0.717, 1.165) is 29.9 Å². The Morgan fingerprint density at radius 3 is 2.83 bits per heavy atom. The Labute approximate surface area is 140 Å². The Bertz CT molecular complexity index is 899. The van der Waals surface area contributed by atoms with E-state index < -0.39 is 0 Å². The van der Waals surface area contributed by atoms with Crippen molar-refractivity contribution in [2.24, 2.45) is 0 Å². The highest BCUT2D eigenvalue weighted by molar-refractivity contribution is 5.94. The van der Waals surface area contributed by atoms with Gasteiger partial charge in [-0.15, -0.1) is 10.2 Å². The summed E-state index contributed by atoms with van der Waals surface area (Å²) in [6, 6.07) is 11.6. The molecule has 0 saturated heterocycles. The highest BCUT2D eigenvalue weighted by Gasteiger charge is 2.18. The summed E-state index contributed by atoms with van der Waals surface area (Å²) < 4.78 is 1.90. The predicted octanol–water partition coefficient (Wildman–Crippen LogP) is 3.10. The van der Waals surface area contributed by atoms with Gasteiger partial charge in [0.25, 0.3) is 5.91 Å². The van der Waals surface area contributed by atoms with E-state index in [-0.39, 0.29) is 11.9 Å². The number of fused-ring (bicyclic) bond motifs is 2. The van der Waals surface area contributed by atoms with Crippen LogP contribution in [0.3, 0.4) is 0 Å². The first-order chi connectivity index (χ1) is 11.7.